The summed E-state index contributed by atoms with van der Waals surface area (Å²) in [5.41, 5.74) is 7.30. The molecule has 0 unspecified atom stereocenters. The van der Waals surface area contributed by atoms with Crippen LogP contribution in [0, 0.1) is 19.3 Å². The van der Waals surface area contributed by atoms with E-state index in [1.54, 1.807) is 6.08 Å². The number of hydrogen-bond donors (Lipinski definition) is 0. The van der Waals surface area contributed by atoms with E-state index in [4.69, 9.17) is 9.40 Å². The molecule has 3 nitrogen and oxygen atoms in total. The second-order valence-electron chi connectivity index (χ2n) is 10.4. The second-order valence-corrected chi connectivity index (χ2v) is 10.4. The quantitative estimate of drug-likeness (QED) is 0.198. The van der Waals surface area contributed by atoms with Crippen LogP contribution >= 0.6 is 0 Å². The number of pyridine rings is 1. The molecule has 3 aromatic rings. The maximum Gasteiger partial charge on any atom is 0.134 e. The van der Waals surface area contributed by atoms with Gasteiger partial charge < -0.3 is 9.32 Å². The lowest BCUT2D eigenvalue weighted by atomic mass is 9.81. The molecule has 0 aliphatic rings. The molecule has 0 saturated carbocycles. The number of likely N-dealkylation sites (N-methyl/N-ethyl adjacent to an activating group) is 1. The Hall–Kier alpha value is -3.07. The van der Waals surface area contributed by atoms with E-state index in [0.29, 0.717) is 5.41 Å². The summed E-state index contributed by atoms with van der Waals surface area (Å²) in [5, 5.41) is 1.20. The van der Waals surface area contributed by atoms with Gasteiger partial charge in [-0.3, -0.25) is 4.98 Å². The minimum atomic E-state index is 0.293. The first-order chi connectivity index (χ1) is 18.1. The molecule has 0 N–H and O–H groups in total. The van der Waals surface area contributed by atoms with Crippen molar-refractivity contribution in [3.05, 3.63) is 95.2 Å². The van der Waals surface area contributed by atoms with Crippen molar-refractivity contribution >= 4 is 17.0 Å². The molecule has 0 spiro atoms. The molecule has 0 fully saturated rings. The van der Waals surface area contributed by atoms with E-state index in [0.717, 1.165) is 42.0 Å². The first-order valence-electron chi connectivity index (χ1n) is 14.2. The second kappa shape index (κ2) is 16.7. The number of fused-ring (bicyclic) bond motifs is 1. The van der Waals surface area contributed by atoms with Crippen LogP contribution in [0.25, 0.3) is 17.0 Å². The van der Waals surface area contributed by atoms with Gasteiger partial charge in [0, 0.05) is 35.6 Å². The minimum absolute atomic E-state index is 0.293. The van der Waals surface area contributed by atoms with E-state index >= 15 is 0 Å². The molecule has 3 rings (SSSR count). The van der Waals surface area contributed by atoms with Gasteiger partial charge in [0.1, 0.15) is 11.3 Å². The molecule has 0 saturated heterocycles. The number of furan rings is 1. The first-order valence-corrected chi connectivity index (χ1v) is 14.2. The summed E-state index contributed by atoms with van der Waals surface area (Å²) >= 11 is 0. The standard InChI is InChI=1S/C30H40N2O.C3H6.C2H6/c1-8-12-26(32(7)21-29-22(3)27-13-10-11-14-28(27)33-29)16-15-24-18-25(23(4)31-20-24)19-30(5,6)17-9-2;1-3-2;1-2/h10-16,18,20H,8-9,17,19,21H2,1-7H3;3H,1H2,2H3;1-2H3/b16-15+,26-12-;;. The summed E-state index contributed by atoms with van der Waals surface area (Å²) in [7, 11) is 2.13. The lowest BCUT2D eigenvalue weighted by molar-refractivity contribution is 0.328. The van der Waals surface area contributed by atoms with Crippen LogP contribution in [0.2, 0.25) is 0 Å². The number of rotatable bonds is 10. The third-order valence-corrected chi connectivity index (χ3v) is 6.43. The van der Waals surface area contributed by atoms with Crippen LogP contribution in [0.3, 0.4) is 0 Å². The van der Waals surface area contributed by atoms with Crippen LogP contribution in [0.4, 0.5) is 0 Å². The van der Waals surface area contributed by atoms with Crippen molar-refractivity contribution in [2.45, 2.75) is 94.5 Å². The lowest BCUT2D eigenvalue weighted by Crippen LogP contribution is -2.16. The first kappa shape index (κ1) is 33.0. The van der Waals surface area contributed by atoms with Crippen molar-refractivity contribution in [2.24, 2.45) is 5.41 Å². The van der Waals surface area contributed by atoms with Gasteiger partial charge in [-0.25, -0.2) is 0 Å². The lowest BCUT2D eigenvalue weighted by Gasteiger charge is -2.25. The molecule has 0 aliphatic heterocycles. The Bertz CT molecular complexity index is 1180. The molecule has 2 aromatic heterocycles. The molecular formula is C35H52N2O. The fourth-order valence-corrected chi connectivity index (χ4v) is 4.57. The number of para-hydroxylation sites is 1. The van der Waals surface area contributed by atoms with E-state index in [1.807, 2.05) is 39.1 Å². The molecule has 0 atom stereocenters. The number of aromatic nitrogens is 1. The summed E-state index contributed by atoms with van der Waals surface area (Å²) in [4.78, 5) is 6.96. The van der Waals surface area contributed by atoms with Crippen LogP contribution in [0.1, 0.15) is 95.9 Å². The molecule has 0 aliphatic carbocycles. The van der Waals surface area contributed by atoms with Crippen LogP contribution < -0.4 is 0 Å². The summed E-state index contributed by atoms with van der Waals surface area (Å²) in [6.45, 7) is 23.4. The normalized spacial score (nSPS) is 11.6. The van der Waals surface area contributed by atoms with Crippen molar-refractivity contribution in [1.29, 1.82) is 0 Å². The zero-order valence-electron chi connectivity index (χ0n) is 25.8. The van der Waals surface area contributed by atoms with Crippen LogP contribution in [-0.2, 0) is 13.0 Å². The van der Waals surface area contributed by atoms with E-state index in [9.17, 15) is 0 Å². The Morgan fingerprint density at radius 2 is 1.79 bits per heavy atom. The highest BCUT2D eigenvalue weighted by Gasteiger charge is 2.19. The molecular weight excluding hydrogens is 464 g/mol. The molecule has 0 bridgehead atoms. The fraction of sp³-hybridized carbons (Fsp3) is 0.457. The Morgan fingerprint density at radius 3 is 2.39 bits per heavy atom. The number of nitrogens with zero attached hydrogens (tertiary/aromatic N) is 2. The summed E-state index contributed by atoms with van der Waals surface area (Å²) in [6, 6.07) is 10.6. The molecule has 1 aromatic carbocycles. The SMILES string of the molecule is C=CC.CC.CC/C=C(/C=C/c1cnc(C)c(CC(C)(C)CCC)c1)N(C)Cc1oc2ccccc2c1C. The Balaban J connectivity index is 0.00000135. The van der Waals surface area contributed by atoms with Crippen molar-refractivity contribution in [3.8, 4) is 0 Å². The molecule has 0 amide bonds. The van der Waals surface area contributed by atoms with Crippen molar-refractivity contribution in [3.63, 3.8) is 0 Å². The van der Waals surface area contributed by atoms with Gasteiger partial charge in [-0.1, -0.05) is 84.4 Å². The van der Waals surface area contributed by atoms with Gasteiger partial charge >= 0.3 is 0 Å². The van der Waals surface area contributed by atoms with Gasteiger partial charge in [0.05, 0.1) is 6.54 Å². The number of benzene rings is 1. The van der Waals surface area contributed by atoms with Gasteiger partial charge in [0.2, 0.25) is 0 Å². The number of allylic oxidation sites excluding steroid dienone is 3. The van der Waals surface area contributed by atoms with E-state index in [2.05, 4.69) is 96.5 Å². The Labute approximate surface area is 233 Å². The van der Waals surface area contributed by atoms with E-state index in [1.165, 1.54) is 35.1 Å². The Kier molecular flexibility index (Phi) is 14.5. The van der Waals surface area contributed by atoms with Crippen LogP contribution in [0.15, 0.2) is 71.4 Å². The minimum Gasteiger partial charge on any atom is -0.459 e. The topological polar surface area (TPSA) is 29.3 Å². The van der Waals surface area contributed by atoms with Crippen LogP contribution in [0.5, 0.6) is 0 Å². The Morgan fingerprint density at radius 1 is 1.13 bits per heavy atom. The maximum atomic E-state index is 6.15. The zero-order chi connectivity index (χ0) is 28.7. The molecule has 38 heavy (non-hydrogen) atoms. The average molecular weight is 517 g/mol. The molecule has 3 heteroatoms. The predicted octanol–water partition coefficient (Wildman–Crippen LogP) is 10.5. The van der Waals surface area contributed by atoms with Gasteiger partial charge in [-0.2, -0.15) is 0 Å². The summed E-state index contributed by atoms with van der Waals surface area (Å²) in [6.07, 6.45) is 14.9. The monoisotopic (exact) mass is 516 g/mol. The largest absolute Gasteiger partial charge is 0.459 e. The maximum absolute atomic E-state index is 6.15. The summed E-state index contributed by atoms with van der Waals surface area (Å²) < 4.78 is 6.15. The van der Waals surface area contributed by atoms with Gasteiger partial charge in [0.25, 0.3) is 0 Å². The molecule has 2 heterocycles. The smallest absolute Gasteiger partial charge is 0.134 e. The van der Waals surface area contributed by atoms with Crippen molar-refractivity contribution < 1.29 is 4.42 Å². The van der Waals surface area contributed by atoms with E-state index in [-0.39, 0.29) is 0 Å². The van der Waals surface area contributed by atoms with E-state index < -0.39 is 0 Å². The average Bonchev–Trinajstić information content (AvgIpc) is 3.20. The van der Waals surface area contributed by atoms with Crippen LogP contribution in [-0.4, -0.2) is 16.9 Å². The third kappa shape index (κ3) is 10.0. The fourth-order valence-electron chi connectivity index (χ4n) is 4.57. The highest BCUT2D eigenvalue weighted by atomic mass is 16.3. The number of hydrogen-bond acceptors (Lipinski definition) is 3. The molecule has 0 radical (unpaired) electrons. The van der Waals surface area contributed by atoms with Crippen molar-refractivity contribution in [1.82, 2.24) is 9.88 Å². The summed E-state index contributed by atoms with van der Waals surface area (Å²) in [5.74, 6) is 1.02. The van der Waals surface area contributed by atoms with Crippen molar-refractivity contribution in [2.75, 3.05) is 7.05 Å². The van der Waals surface area contributed by atoms with Gasteiger partial charge in [-0.15, -0.1) is 6.58 Å². The van der Waals surface area contributed by atoms with Gasteiger partial charge in [0.15, 0.2) is 0 Å². The predicted molar refractivity (Wildman–Crippen MR) is 168 cm³/mol. The zero-order valence-corrected chi connectivity index (χ0v) is 25.8. The highest BCUT2D eigenvalue weighted by Crippen LogP contribution is 2.29. The highest BCUT2D eigenvalue weighted by molar-refractivity contribution is 5.81. The molecule has 208 valence electrons. The van der Waals surface area contributed by atoms with Gasteiger partial charge in [-0.05, 0) is 74.8 Å². The third-order valence-electron chi connectivity index (χ3n) is 6.43. The number of aryl methyl sites for hydroxylation is 2.